The maximum absolute atomic E-state index is 2.30. The van der Waals surface area contributed by atoms with Gasteiger partial charge in [-0.2, -0.15) is 0 Å². The van der Waals surface area contributed by atoms with E-state index < -0.39 is 0 Å². The molecule has 0 spiro atoms. The Hall–Kier alpha value is -2.12. The highest BCUT2D eigenvalue weighted by Crippen LogP contribution is 2.31. The highest BCUT2D eigenvalue weighted by molar-refractivity contribution is 7.15. The van der Waals surface area contributed by atoms with E-state index in [0.717, 1.165) is 0 Å². The zero-order chi connectivity index (χ0) is 16.9. The molecule has 0 saturated carbocycles. The quantitative estimate of drug-likeness (QED) is 0.328. The molecule has 4 aromatic rings. The summed E-state index contributed by atoms with van der Waals surface area (Å²) in [5.41, 5.74) is 1.31. The molecule has 1 aromatic heterocycles. The molecule has 0 aliphatic rings. The Morgan fingerprint density at radius 2 is 1.29 bits per heavy atom. The topological polar surface area (TPSA) is 0 Å². The van der Waals surface area contributed by atoms with Crippen LogP contribution >= 0.6 is 11.3 Å². The maximum Gasteiger partial charge on any atom is 0.0345 e. The number of fused-ring (bicyclic) bond motifs is 2. The Morgan fingerprint density at radius 1 is 0.667 bits per heavy atom. The predicted octanol–water partition coefficient (Wildman–Crippen LogP) is 7.84. The lowest BCUT2D eigenvalue weighted by Gasteiger charge is -2.04. The lowest BCUT2D eigenvalue weighted by molar-refractivity contribution is 0.886. The second-order valence-corrected chi connectivity index (χ2v) is 7.46. The van der Waals surface area contributed by atoms with Gasteiger partial charge in [-0.3, -0.25) is 0 Å². The molecule has 3 aromatic carbocycles. The molecular formula is C23H24S. The van der Waals surface area contributed by atoms with Crippen molar-refractivity contribution in [2.45, 2.75) is 33.6 Å². The number of hydrogen-bond acceptors (Lipinski definition) is 1. The summed E-state index contributed by atoms with van der Waals surface area (Å²) >= 11 is 1.85. The van der Waals surface area contributed by atoms with Gasteiger partial charge in [-0.05, 0) is 64.4 Å². The largest absolute Gasteiger partial charge is 0.141 e. The molecule has 122 valence electrons. The summed E-state index contributed by atoms with van der Waals surface area (Å²) in [5.74, 6) is 0. The minimum Gasteiger partial charge on any atom is -0.141 e. The van der Waals surface area contributed by atoms with Gasteiger partial charge in [0.25, 0.3) is 0 Å². The fraction of sp³-hybridized carbons (Fsp3) is 0.217. The van der Waals surface area contributed by atoms with E-state index >= 15 is 0 Å². The molecule has 0 radical (unpaired) electrons. The molecule has 0 bridgehead atoms. The molecule has 0 atom stereocenters. The van der Waals surface area contributed by atoms with E-state index in [-0.39, 0.29) is 0 Å². The standard InChI is InChI=1S/C19H14S.C4H10/c1-13-6-9-19(20-13)17-8-7-16-10-14-4-2-3-5-15(14)11-18(16)12-17;1-3-4-2/h2-12H,1H3;3-4H2,1-2H3. The molecule has 1 heteroatoms. The van der Waals surface area contributed by atoms with Crippen LogP contribution < -0.4 is 0 Å². The van der Waals surface area contributed by atoms with Gasteiger partial charge in [-0.25, -0.2) is 0 Å². The van der Waals surface area contributed by atoms with Crippen LogP contribution in [0.4, 0.5) is 0 Å². The van der Waals surface area contributed by atoms with Gasteiger partial charge in [-0.15, -0.1) is 11.3 Å². The van der Waals surface area contributed by atoms with Crippen LogP contribution in [0.5, 0.6) is 0 Å². The zero-order valence-electron chi connectivity index (χ0n) is 14.7. The fourth-order valence-electron chi connectivity index (χ4n) is 2.68. The number of hydrogen-bond donors (Lipinski definition) is 0. The Labute approximate surface area is 148 Å². The molecule has 0 amide bonds. The molecular weight excluding hydrogens is 308 g/mol. The predicted molar refractivity (Wildman–Crippen MR) is 110 cm³/mol. The first-order valence-electron chi connectivity index (χ1n) is 8.70. The van der Waals surface area contributed by atoms with Crippen molar-refractivity contribution in [3.8, 4) is 10.4 Å². The molecule has 0 fully saturated rings. The van der Waals surface area contributed by atoms with Crippen molar-refractivity contribution >= 4 is 32.9 Å². The number of rotatable bonds is 2. The number of benzene rings is 3. The minimum absolute atomic E-state index is 1.31. The number of thiophene rings is 1. The molecule has 0 saturated heterocycles. The van der Waals surface area contributed by atoms with Crippen molar-refractivity contribution < 1.29 is 0 Å². The minimum atomic E-state index is 1.31. The highest BCUT2D eigenvalue weighted by atomic mass is 32.1. The third kappa shape index (κ3) is 3.68. The van der Waals surface area contributed by atoms with Gasteiger partial charge in [0.15, 0.2) is 0 Å². The lowest BCUT2D eigenvalue weighted by atomic mass is 10.0. The Balaban J connectivity index is 0.000000383. The van der Waals surface area contributed by atoms with Crippen LogP contribution in [-0.4, -0.2) is 0 Å². The van der Waals surface area contributed by atoms with Crippen LogP contribution in [0.2, 0.25) is 0 Å². The highest BCUT2D eigenvalue weighted by Gasteiger charge is 2.03. The summed E-state index contributed by atoms with van der Waals surface area (Å²) in [6.45, 7) is 6.52. The van der Waals surface area contributed by atoms with E-state index in [0.29, 0.717) is 0 Å². The number of aryl methyl sites for hydroxylation is 1. The summed E-state index contributed by atoms with van der Waals surface area (Å²) in [6.07, 6.45) is 2.64. The van der Waals surface area contributed by atoms with Gasteiger partial charge >= 0.3 is 0 Å². The summed E-state index contributed by atoms with van der Waals surface area (Å²) in [6, 6.07) is 24.2. The molecule has 0 unspecified atom stereocenters. The third-order valence-corrected chi connectivity index (χ3v) is 5.28. The third-order valence-electron chi connectivity index (χ3n) is 4.23. The summed E-state index contributed by atoms with van der Waals surface area (Å²) in [7, 11) is 0. The molecule has 4 rings (SSSR count). The Bertz CT molecular complexity index is 944. The molecule has 0 aliphatic carbocycles. The second kappa shape index (κ2) is 7.63. The SMILES string of the molecule is CCCC.Cc1ccc(-c2ccc3cc4ccccc4cc3c2)s1. The monoisotopic (exact) mass is 332 g/mol. The van der Waals surface area contributed by atoms with E-state index in [1.165, 1.54) is 49.7 Å². The molecule has 0 nitrogen and oxygen atoms in total. The molecule has 24 heavy (non-hydrogen) atoms. The first-order valence-corrected chi connectivity index (χ1v) is 9.52. The van der Waals surface area contributed by atoms with Crippen molar-refractivity contribution in [1.29, 1.82) is 0 Å². The van der Waals surface area contributed by atoms with Crippen LogP contribution in [-0.2, 0) is 0 Å². The van der Waals surface area contributed by atoms with Gasteiger partial charge in [0.2, 0.25) is 0 Å². The maximum atomic E-state index is 2.30. The van der Waals surface area contributed by atoms with Crippen LogP contribution in [0.1, 0.15) is 31.6 Å². The second-order valence-electron chi connectivity index (χ2n) is 6.17. The van der Waals surface area contributed by atoms with Gasteiger partial charge in [0.1, 0.15) is 0 Å². The normalized spacial score (nSPS) is 10.6. The first-order chi connectivity index (χ1) is 11.7. The van der Waals surface area contributed by atoms with Crippen molar-refractivity contribution in [2.75, 3.05) is 0 Å². The van der Waals surface area contributed by atoms with E-state index in [4.69, 9.17) is 0 Å². The molecule has 0 N–H and O–H groups in total. The fourth-order valence-corrected chi connectivity index (χ4v) is 3.55. The van der Waals surface area contributed by atoms with Crippen molar-refractivity contribution in [3.05, 3.63) is 71.6 Å². The average molecular weight is 333 g/mol. The summed E-state index contributed by atoms with van der Waals surface area (Å²) in [5, 5.41) is 5.23. The molecule has 1 heterocycles. The zero-order valence-corrected chi connectivity index (χ0v) is 15.5. The Morgan fingerprint density at radius 3 is 1.88 bits per heavy atom. The van der Waals surface area contributed by atoms with Gasteiger partial charge in [0.05, 0.1) is 0 Å². The van der Waals surface area contributed by atoms with Crippen molar-refractivity contribution in [3.63, 3.8) is 0 Å². The summed E-state index contributed by atoms with van der Waals surface area (Å²) < 4.78 is 0. The Kier molecular flexibility index (Phi) is 5.32. The van der Waals surface area contributed by atoms with E-state index in [2.05, 4.69) is 87.5 Å². The van der Waals surface area contributed by atoms with E-state index in [1.54, 1.807) is 0 Å². The van der Waals surface area contributed by atoms with Crippen LogP contribution in [0, 0.1) is 6.92 Å². The van der Waals surface area contributed by atoms with Crippen molar-refractivity contribution in [1.82, 2.24) is 0 Å². The van der Waals surface area contributed by atoms with Crippen molar-refractivity contribution in [2.24, 2.45) is 0 Å². The smallest absolute Gasteiger partial charge is 0.0345 e. The van der Waals surface area contributed by atoms with Gasteiger partial charge in [0, 0.05) is 9.75 Å². The van der Waals surface area contributed by atoms with Gasteiger partial charge in [-0.1, -0.05) is 63.1 Å². The van der Waals surface area contributed by atoms with Crippen LogP contribution in [0.3, 0.4) is 0 Å². The lowest BCUT2D eigenvalue weighted by Crippen LogP contribution is -1.78. The van der Waals surface area contributed by atoms with Crippen LogP contribution in [0.15, 0.2) is 66.7 Å². The van der Waals surface area contributed by atoms with Crippen LogP contribution in [0.25, 0.3) is 32.0 Å². The first kappa shape index (κ1) is 16.7. The number of unbranched alkanes of at least 4 members (excludes halogenated alkanes) is 1. The van der Waals surface area contributed by atoms with Gasteiger partial charge < -0.3 is 0 Å². The van der Waals surface area contributed by atoms with E-state index in [1.807, 2.05) is 11.3 Å². The average Bonchev–Trinajstić information content (AvgIpc) is 3.06. The van der Waals surface area contributed by atoms with E-state index in [9.17, 15) is 0 Å². The summed E-state index contributed by atoms with van der Waals surface area (Å²) in [4.78, 5) is 2.70. The molecule has 0 aliphatic heterocycles.